The largest absolute Gasteiger partial charge is 0.457 e. The van der Waals surface area contributed by atoms with Gasteiger partial charge in [-0.2, -0.15) is 4.98 Å². The van der Waals surface area contributed by atoms with Crippen molar-refractivity contribution in [2.75, 3.05) is 13.1 Å². The standard InChI is InChI=1S/C26H26N4O3/c1-2-24(31)29-14-12-19(16-29)17-30-15-13-23-25(30)26(28-18-27-23)33-22-10-8-21(9-11-22)32-20-6-4-3-5-7-20/h3-11,13,15,18-19H,2,12,14,16-17H2,1H3. The number of hydrogen-bond donors (Lipinski definition) is 0. The van der Waals surface area contributed by atoms with E-state index in [9.17, 15) is 4.79 Å². The Bertz CT molecular complexity index is 1240. The smallest absolute Gasteiger partial charge is 0.247 e. The Morgan fingerprint density at radius 3 is 2.45 bits per heavy atom. The van der Waals surface area contributed by atoms with Gasteiger partial charge in [-0.25, -0.2) is 4.98 Å². The topological polar surface area (TPSA) is 69.5 Å². The molecule has 3 heterocycles. The van der Waals surface area contributed by atoms with Crippen LogP contribution in [0.4, 0.5) is 0 Å². The van der Waals surface area contributed by atoms with Crippen LogP contribution in [0.15, 0.2) is 73.2 Å². The SMILES string of the molecule is CCC(=O)N1CCC(Cn2ccc3ncnc(Oc4ccc(Oc5ccccc5)cc4)c32)C1. The minimum Gasteiger partial charge on any atom is -0.457 e. The molecule has 1 aliphatic heterocycles. The van der Waals surface area contributed by atoms with E-state index in [0.717, 1.165) is 48.6 Å². The van der Waals surface area contributed by atoms with Gasteiger partial charge in [0.15, 0.2) is 0 Å². The van der Waals surface area contributed by atoms with Crippen molar-refractivity contribution in [3.05, 3.63) is 73.2 Å². The van der Waals surface area contributed by atoms with Crippen LogP contribution in [0.5, 0.6) is 23.1 Å². The molecule has 0 radical (unpaired) electrons. The number of fused-ring (bicyclic) bond motifs is 1. The van der Waals surface area contributed by atoms with Crippen LogP contribution in [-0.2, 0) is 11.3 Å². The van der Waals surface area contributed by atoms with Gasteiger partial charge < -0.3 is 18.9 Å². The lowest BCUT2D eigenvalue weighted by Crippen LogP contribution is -2.28. The Hall–Kier alpha value is -3.87. The number of rotatable bonds is 7. The fourth-order valence-electron chi connectivity index (χ4n) is 4.25. The van der Waals surface area contributed by atoms with E-state index in [1.165, 1.54) is 6.33 Å². The Kier molecular flexibility index (Phi) is 5.93. The van der Waals surface area contributed by atoms with Gasteiger partial charge in [0.05, 0.1) is 5.52 Å². The van der Waals surface area contributed by atoms with Crippen LogP contribution in [0.1, 0.15) is 19.8 Å². The second-order valence-corrected chi connectivity index (χ2v) is 8.22. The lowest BCUT2D eigenvalue weighted by Gasteiger charge is -2.16. The van der Waals surface area contributed by atoms with Crippen LogP contribution in [0.25, 0.3) is 11.0 Å². The molecule has 1 aliphatic rings. The van der Waals surface area contributed by atoms with E-state index in [1.54, 1.807) is 0 Å². The molecule has 1 amide bonds. The monoisotopic (exact) mass is 442 g/mol. The van der Waals surface area contributed by atoms with Gasteiger partial charge in [0, 0.05) is 32.3 Å². The molecule has 0 N–H and O–H groups in total. The summed E-state index contributed by atoms with van der Waals surface area (Å²) in [6.45, 7) is 4.33. The average Bonchev–Trinajstić information content (AvgIpc) is 3.49. The second-order valence-electron chi connectivity index (χ2n) is 8.22. The molecule has 1 fully saturated rings. The molecular formula is C26H26N4O3. The number of para-hydroxylation sites is 1. The van der Waals surface area contributed by atoms with E-state index in [2.05, 4.69) is 14.5 Å². The molecule has 0 bridgehead atoms. The molecule has 33 heavy (non-hydrogen) atoms. The summed E-state index contributed by atoms with van der Waals surface area (Å²) in [6, 6.07) is 19.1. The molecule has 0 spiro atoms. The number of hydrogen-bond acceptors (Lipinski definition) is 5. The third-order valence-corrected chi connectivity index (χ3v) is 5.93. The van der Waals surface area contributed by atoms with Gasteiger partial charge in [-0.05, 0) is 54.8 Å². The molecule has 0 saturated carbocycles. The Morgan fingerprint density at radius 1 is 0.970 bits per heavy atom. The van der Waals surface area contributed by atoms with Crippen molar-refractivity contribution in [1.29, 1.82) is 0 Å². The van der Waals surface area contributed by atoms with Gasteiger partial charge in [0.2, 0.25) is 11.8 Å². The van der Waals surface area contributed by atoms with E-state index >= 15 is 0 Å². The summed E-state index contributed by atoms with van der Waals surface area (Å²) in [5, 5.41) is 0. The number of benzene rings is 2. The predicted octanol–water partition coefficient (Wildman–Crippen LogP) is 5.27. The predicted molar refractivity (Wildman–Crippen MR) is 126 cm³/mol. The average molecular weight is 443 g/mol. The minimum atomic E-state index is 0.224. The third-order valence-electron chi connectivity index (χ3n) is 5.93. The quantitative estimate of drug-likeness (QED) is 0.390. The van der Waals surface area contributed by atoms with E-state index in [4.69, 9.17) is 9.47 Å². The first-order valence-electron chi connectivity index (χ1n) is 11.3. The summed E-state index contributed by atoms with van der Waals surface area (Å²) < 4.78 is 14.1. The zero-order chi connectivity index (χ0) is 22.6. The van der Waals surface area contributed by atoms with Crippen molar-refractivity contribution >= 4 is 16.9 Å². The lowest BCUT2D eigenvalue weighted by molar-refractivity contribution is -0.129. The lowest BCUT2D eigenvalue weighted by atomic mass is 10.1. The minimum absolute atomic E-state index is 0.224. The molecular weight excluding hydrogens is 416 g/mol. The maximum Gasteiger partial charge on any atom is 0.247 e. The first-order chi connectivity index (χ1) is 16.2. The maximum atomic E-state index is 12.0. The van der Waals surface area contributed by atoms with Crippen molar-refractivity contribution in [1.82, 2.24) is 19.4 Å². The van der Waals surface area contributed by atoms with Crippen molar-refractivity contribution < 1.29 is 14.3 Å². The number of aromatic nitrogens is 3. The van der Waals surface area contributed by atoms with E-state index in [1.807, 2.05) is 78.7 Å². The number of nitrogens with zero attached hydrogens (tertiary/aromatic N) is 4. The Labute approximate surface area is 192 Å². The van der Waals surface area contributed by atoms with Crippen LogP contribution in [0, 0.1) is 5.92 Å². The van der Waals surface area contributed by atoms with E-state index < -0.39 is 0 Å². The second kappa shape index (κ2) is 9.32. The summed E-state index contributed by atoms with van der Waals surface area (Å²) in [7, 11) is 0. The number of carbonyl (C=O) groups excluding carboxylic acids is 1. The number of carbonyl (C=O) groups is 1. The molecule has 2 aromatic heterocycles. The highest BCUT2D eigenvalue weighted by Crippen LogP contribution is 2.31. The number of ether oxygens (including phenoxy) is 2. The van der Waals surface area contributed by atoms with Crippen molar-refractivity contribution in [2.45, 2.75) is 26.3 Å². The van der Waals surface area contributed by atoms with Gasteiger partial charge in [-0.3, -0.25) is 4.79 Å². The highest BCUT2D eigenvalue weighted by Gasteiger charge is 2.26. The van der Waals surface area contributed by atoms with Gasteiger partial charge in [0.25, 0.3) is 0 Å². The van der Waals surface area contributed by atoms with Crippen LogP contribution >= 0.6 is 0 Å². The van der Waals surface area contributed by atoms with Crippen molar-refractivity contribution in [2.24, 2.45) is 5.92 Å². The van der Waals surface area contributed by atoms with Gasteiger partial charge in [0.1, 0.15) is 29.1 Å². The zero-order valence-electron chi connectivity index (χ0n) is 18.6. The fraction of sp³-hybridized carbons (Fsp3) is 0.269. The molecule has 5 rings (SSSR count). The molecule has 1 unspecified atom stereocenters. The first-order valence-corrected chi connectivity index (χ1v) is 11.3. The summed E-state index contributed by atoms with van der Waals surface area (Å²) in [5.41, 5.74) is 1.70. The molecule has 4 aromatic rings. The normalized spacial score (nSPS) is 15.7. The van der Waals surface area contributed by atoms with Crippen molar-refractivity contribution in [3.8, 4) is 23.1 Å². The molecule has 2 aromatic carbocycles. The molecule has 168 valence electrons. The van der Waals surface area contributed by atoms with Gasteiger partial charge in [-0.1, -0.05) is 25.1 Å². The molecule has 7 heteroatoms. The molecule has 0 aliphatic carbocycles. The molecule has 7 nitrogen and oxygen atoms in total. The summed E-state index contributed by atoms with van der Waals surface area (Å²) in [4.78, 5) is 22.8. The van der Waals surface area contributed by atoms with Crippen LogP contribution in [0.3, 0.4) is 0 Å². The molecule has 1 saturated heterocycles. The van der Waals surface area contributed by atoms with Crippen LogP contribution < -0.4 is 9.47 Å². The summed E-state index contributed by atoms with van der Waals surface area (Å²) >= 11 is 0. The first kappa shape index (κ1) is 21.0. The Morgan fingerprint density at radius 2 is 1.70 bits per heavy atom. The highest BCUT2D eigenvalue weighted by molar-refractivity contribution is 5.80. The van der Waals surface area contributed by atoms with Gasteiger partial charge >= 0.3 is 0 Å². The number of amides is 1. The van der Waals surface area contributed by atoms with E-state index in [0.29, 0.717) is 24.0 Å². The zero-order valence-corrected chi connectivity index (χ0v) is 18.6. The van der Waals surface area contributed by atoms with Crippen LogP contribution in [0.2, 0.25) is 0 Å². The highest BCUT2D eigenvalue weighted by atomic mass is 16.5. The number of likely N-dealkylation sites (tertiary alicyclic amines) is 1. The van der Waals surface area contributed by atoms with E-state index in [-0.39, 0.29) is 5.91 Å². The summed E-state index contributed by atoms with van der Waals surface area (Å²) in [6.07, 6.45) is 5.10. The van der Waals surface area contributed by atoms with Crippen molar-refractivity contribution in [3.63, 3.8) is 0 Å². The van der Waals surface area contributed by atoms with Gasteiger partial charge in [-0.15, -0.1) is 0 Å². The maximum absolute atomic E-state index is 12.0. The fourth-order valence-corrected chi connectivity index (χ4v) is 4.25. The van der Waals surface area contributed by atoms with Crippen LogP contribution in [-0.4, -0.2) is 38.4 Å². The summed E-state index contributed by atoms with van der Waals surface area (Å²) in [5.74, 6) is 3.33. The Balaban J connectivity index is 1.32. The molecule has 1 atom stereocenters. The third kappa shape index (κ3) is 4.67.